The van der Waals surface area contributed by atoms with Crippen LogP contribution in [0.15, 0.2) is 30.3 Å². The summed E-state index contributed by atoms with van der Waals surface area (Å²) in [6.07, 6.45) is 0. The molecule has 1 aliphatic rings. The molecule has 0 aromatic heterocycles. The van der Waals surface area contributed by atoms with E-state index in [0.717, 1.165) is 5.56 Å². The van der Waals surface area contributed by atoms with Gasteiger partial charge in [-0.3, -0.25) is 14.6 Å². The Morgan fingerprint density at radius 2 is 2.12 bits per heavy atom. The highest BCUT2D eigenvalue weighted by molar-refractivity contribution is 7.57. The molecule has 0 aliphatic carbocycles. The highest BCUT2D eigenvalue weighted by Gasteiger charge is 2.43. The molecule has 2 atom stereocenters. The number of rotatable bonds is 2. The zero-order valence-corrected chi connectivity index (χ0v) is 10.8. The molecule has 1 aromatic carbocycles. The summed E-state index contributed by atoms with van der Waals surface area (Å²) >= 11 is 0. The number of hydrogen-bond donors (Lipinski definition) is 2. The second-order valence-electron chi connectivity index (χ2n) is 3.93. The van der Waals surface area contributed by atoms with E-state index in [0.29, 0.717) is 6.54 Å². The monoisotopic (exact) mass is 253 g/mol. The van der Waals surface area contributed by atoms with Gasteiger partial charge in [-0.15, -0.1) is 0 Å². The van der Waals surface area contributed by atoms with E-state index in [9.17, 15) is 4.57 Å². The molecule has 0 radical (unpaired) electrons. The Morgan fingerprint density at radius 3 is 2.71 bits per heavy atom. The van der Waals surface area contributed by atoms with E-state index < -0.39 is 7.52 Å². The highest BCUT2D eigenvalue weighted by atomic mass is 31.2. The highest BCUT2D eigenvalue weighted by Crippen LogP contribution is 2.62. The summed E-state index contributed by atoms with van der Waals surface area (Å²) in [7, 11) is 0.0288. The van der Waals surface area contributed by atoms with Crippen molar-refractivity contribution in [1.82, 2.24) is 9.99 Å². The summed E-state index contributed by atoms with van der Waals surface area (Å²) < 4.78 is 19.4. The molecule has 2 rings (SSSR count). The van der Waals surface area contributed by atoms with Crippen molar-refractivity contribution in [3.63, 3.8) is 0 Å². The summed E-state index contributed by atoms with van der Waals surface area (Å²) in [4.78, 5) is 0. The van der Waals surface area contributed by atoms with E-state index in [2.05, 4.69) is 5.32 Å². The third-order valence-corrected chi connectivity index (χ3v) is 5.87. The molecule has 92 valence electrons. The van der Waals surface area contributed by atoms with Crippen molar-refractivity contribution < 1.29 is 9.09 Å². The Bertz CT molecular complexity index is 463. The van der Waals surface area contributed by atoms with Crippen LogP contribution in [0.1, 0.15) is 11.2 Å². The van der Waals surface area contributed by atoms with Crippen LogP contribution in [0, 0.1) is 5.41 Å². The van der Waals surface area contributed by atoms with Gasteiger partial charge in [-0.2, -0.15) is 0 Å². The smallest absolute Gasteiger partial charge is 0.307 e. The first-order valence-corrected chi connectivity index (χ1v) is 7.01. The Labute approximate surface area is 101 Å². The molecular weight excluding hydrogens is 237 g/mol. The SMILES string of the molecule is COP1(=O)C(c2ccccc2)CNC(=N)N1C. The molecular formula is C11H16N3O2P. The van der Waals surface area contributed by atoms with E-state index in [1.807, 2.05) is 30.3 Å². The molecule has 1 fully saturated rings. The average molecular weight is 253 g/mol. The molecule has 2 unspecified atom stereocenters. The minimum Gasteiger partial charge on any atom is -0.355 e. The van der Waals surface area contributed by atoms with Gasteiger partial charge in [0, 0.05) is 20.7 Å². The van der Waals surface area contributed by atoms with Crippen molar-refractivity contribution in [3.05, 3.63) is 35.9 Å². The van der Waals surface area contributed by atoms with Gasteiger partial charge in [-0.1, -0.05) is 30.3 Å². The zero-order valence-electron chi connectivity index (χ0n) is 9.88. The molecule has 17 heavy (non-hydrogen) atoms. The Hall–Kier alpha value is -1.32. The van der Waals surface area contributed by atoms with Crippen LogP contribution in [0.5, 0.6) is 0 Å². The van der Waals surface area contributed by atoms with E-state index in [1.54, 1.807) is 7.05 Å². The molecule has 1 heterocycles. The Kier molecular flexibility index (Phi) is 3.22. The number of hydrogen-bond acceptors (Lipinski definition) is 3. The number of benzene rings is 1. The first-order valence-electron chi connectivity index (χ1n) is 5.36. The fourth-order valence-electron chi connectivity index (χ4n) is 2.00. The van der Waals surface area contributed by atoms with Crippen molar-refractivity contribution >= 4 is 13.5 Å². The summed E-state index contributed by atoms with van der Waals surface area (Å²) in [5.41, 5.74) is 0.720. The average Bonchev–Trinajstić information content (AvgIpc) is 2.37. The molecule has 2 N–H and O–H groups in total. The van der Waals surface area contributed by atoms with Crippen molar-refractivity contribution in [3.8, 4) is 0 Å². The summed E-state index contributed by atoms with van der Waals surface area (Å²) in [6.45, 7) is 0.457. The maximum Gasteiger partial charge on any atom is 0.307 e. The first-order chi connectivity index (χ1) is 8.09. The lowest BCUT2D eigenvalue weighted by Gasteiger charge is -2.39. The van der Waals surface area contributed by atoms with Crippen LogP contribution in [0.2, 0.25) is 0 Å². The second kappa shape index (κ2) is 4.51. The molecule has 0 saturated carbocycles. The van der Waals surface area contributed by atoms with Crippen molar-refractivity contribution in [2.75, 3.05) is 20.7 Å². The number of nitrogens with zero attached hydrogens (tertiary/aromatic N) is 1. The van der Waals surface area contributed by atoms with Crippen LogP contribution >= 0.6 is 7.52 Å². The van der Waals surface area contributed by atoms with E-state index in [-0.39, 0.29) is 11.6 Å². The van der Waals surface area contributed by atoms with Crippen LogP contribution in [0.4, 0.5) is 0 Å². The molecule has 5 nitrogen and oxygen atoms in total. The maximum atomic E-state index is 12.8. The minimum atomic E-state index is -3.03. The van der Waals surface area contributed by atoms with Gasteiger partial charge >= 0.3 is 7.52 Å². The second-order valence-corrected chi connectivity index (χ2v) is 6.64. The predicted octanol–water partition coefficient (Wildman–Crippen LogP) is 2.04. The van der Waals surface area contributed by atoms with Gasteiger partial charge in [-0.25, -0.2) is 0 Å². The van der Waals surface area contributed by atoms with Crippen LogP contribution in [0.25, 0.3) is 0 Å². The predicted molar refractivity (Wildman–Crippen MR) is 67.3 cm³/mol. The zero-order chi connectivity index (χ0) is 12.5. The van der Waals surface area contributed by atoms with Gasteiger partial charge in [0.15, 0.2) is 5.96 Å². The number of guanidine groups is 1. The Morgan fingerprint density at radius 1 is 1.47 bits per heavy atom. The molecule has 1 aromatic rings. The molecule has 0 spiro atoms. The lowest BCUT2D eigenvalue weighted by molar-refractivity contribution is 0.338. The third-order valence-electron chi connectivity index (χ3n) is 3.04. The van der Waals surface area contributed by atoms with Crippen molar-refractivity contribution in [1.29, 1.82) is 5.41 Å². The maximum absolute atomic E-state index is 12.8. The van der Waals surface area contributed by atoms with Crippen molar-refractivity contribution in [2.45, 2.75) is 5.66 Å². The summed E-state index contributed by atoms with van der Waals surface area (Å²) in [5.74, 6) is 0.141. The summed E-state index contributed by atoms with van der Waals surface area (Å²) in [6, 6.07) is 9.61. The number of nitrogens with one attached hydrogen (secondary N) is 2. The quantitative estimate of drug-likeness (QED) is 0.791. The lowest BCUT2D eigenvalue weighted by Crippen LogP contribution is -2.45. The normalized spacial score (nSPS) is 28.9. The molecule has 6 heteroatoms. The van der Waals surface area contributed by atoms with Gasteiger partial charge < -0.3 is 9.84 Å². The Balaban J connectivity index is 2.41. The third kappa shape index (κ3) is 1.96. The van der Waals surface area contributed by atoms with Crippen LogP contribution in [0.3, 0.4) is 0 Å². The van der Waals surface area contributed by atoms with Gasteiger partial charge in [-0.05, 0) is 5.56 Å². The van der Waals surface area contributed by atoms with E-state index in [1.165, 1.54) is 11.8 Å². The van der Waals surface area contributed by atoms with Gasteiger partial charge in [0.1, 0.15) is 0 Å². The van der Waals surface area contributed by atoms with Gasteiger partial charge in [0.2, 0.25) is 0 Å². The molecule has 0 amide bonds. The summed E-state index contributed by atoms with van der Waals surface area (Å²) in [5, 5.41) is 10.6. The van der Waals surface area contributed by atoms with Crippen LogP contribution in [-0.2, 0) is 9.09 Å². The minimum absolute atomic E-state index is 0.141. The first kappa shape index (κ1) is 12.1. The molecule has 0 bridgehead atoms. The lowest BCUT2D eigenvalue weighted by atomic mass is 10.1. The molecule has 1 aliphatic heterocycles. The van der Waals surface area contributed by atoms with Gasteiger partial charge in [0.25, 0.3) is 0 Å². The molecule has 1 saturated heterocycles. The largest absolute Gasteiger partial charge is 0.355 e. The van der Waals surface area contributed by atoms with E-state index >= 15 is 0 Å². The standard InChI is InChI=1S/C11H16N3O2P/c1-14-11(12)13-8-10(17(14,15)16-2)9-6-4-3-5-7-9/h3-7,10H,8H2,1-2H3,(H2,12,13). The van der Waals surface area contributed by atoms with Crippen LogP contribution < -0.4 is 5.32 Å². The van der Waals surface area contributed by atoms with Crippen LogP contribution in [-0.4, -0.2) is 31.3 Å². The van der Waals surface area contributed by atoms with E-state index in [4.69, 9.17) is 9.93 Å². The topological polar surface area (TPSA) is 65.4 Å². The van der Waals surface area contributed by atoms with Crippen molar-refractivity contribution in [2.24, 2.45) is 0 Å². The van der Waals surface area contributed by atoms with Gasteiger partial charge in [0.05, 0.1) is 5.66 Å². The fourth-order valence-corrected chi connectivity index (χ4v) is 4.14. The fraction of sp³-hybridized carbons (Fsp3) is 0.364.